The third kappa shape index (κ3) is 3.83. The first-order valence-electron chi connectivity index (χ1n) is 11.4. The van der Waals surface area contributed by atoms with E-state index in [1.807, 2.05) is 18.2 Å². The van der Waals surface area contributed by atoms with E-state index in [2.05, 4.69) is 63.0 Å². The topological polar surface area (TPSA) is 21.6 Å². The molecule has 3 aliphatic rings. The number of fused-ring (bicyclic) bond motifs is 3. The summed E-state index contributed by atoms with van der Waals surface area (Å²) >= 11 is 0. The molecule has 0 spiro atoms. The molecule has 0 N–H and O–H groups in total. The maximum Gasteiger partial charge on any atom is 0.142 e. The third-order valence-corrected chi connectivity index (χ3v) is 8.37. The van der Waals surface area contributed by atoms with Crippen molar-refractivity contribution in [1.29, 1.82) is 0 Å². The zero-order valence-corrected chi connectivity index (χ0v) is 18.5. The van der Waals surface area contributed by atoms with Crippen molar-refractivity contribution in [2.75, 3.05) is 0 Å². The van der Waals surface area contributed by atoms with Crippen molar-refractivity contribution in [3.8, 4) is 0 Å². The zero-order valence-electron chi connectivity index (χ0n) is 18.5. The fourth-order valence-electron chi connectivity index (χ4n) is 6.66. The van der Waals surface area contributed by atoms with E-state index in [0.29, 0.717) is 17.9 Å². The van der Waals surface area contributed by atoms with Crippen molar-refractivity contribution in [1.82, 2.24) is 0 Å². The molecule has 2 nitrogen and oxygen atoms in total. The third-order valence-electron chi connectivity index (χ3n) is 8.37. The predicted octanol–water partition coefficient (Wildman–Crippen LogP) is 7.32. The first-order chi connectivity index (χ1) is 13.9. The predicted molar refractivity (Wildman–Crippen MR) is 122 cm³/mol. The van der Waals surface area contributed by atoms with Gasteiger partial charge in [0.1, 0.15) is 6.61 Å². The van der Waals surface area contributed by atoms with Crippen LogP contribution >= 0.6 is 0 Å². The van der Waals surface area contributed by atoms with Gasteiger partial charge in [-0.2, -0.15) is 0 Å². The second-order valence-electron chi connectivity index (χ2n) is 10.5. The molecule has 0 saturated heterocycles. The van der Waals surface area contributed by atoms with Crippen molar-refractivity contribution in [3.63, 3.8) is 0 Å². The van der Waals surface area contributed by atoms with Gasteiger partial charge in [-0.05, 0) is 66.8 Å². The maximum atomic E-state index is 5.69. The average Bonchev–Trinajstić information content (AvgIpc) is 2.72. The zero-order chi connectivity index (χ0) is 20.5. The van der Waals surface area contributed by atoms with Gasteiger partial charge >= 0.3 is 0 Å². The van der Waals surface area contributed by atoms with Crippen LogP contribution in [0.1, 0.15) is 71.3 Å². The van der Waals surface area contributed by atoms with Crippen molar-refractivity contribution >= 4 is 6.21 Å². The Hall–Kier alpha value is -1.83. The lowest BCUT2D eigenvalue weighted by atomic mass is 9.46. The lowest BCUT2D eigenvalue weighted by molar-refractivity contribution is 0.0113. The molecule has 0 heterocycles. The van der Waals surface area contributed by atoms with Crippen LogP contribution < -0.4 is 0 Å². The average molecular weight is 392 g/mol. The molecule has 0 aromatic heterocycles. The fourth-order valence-corrected chi connectivity index (χ4v) is 6.66. The van der Waals surface area contributed by atoms with Gasteiger partial charge in [-0.15, -0.1) is 6.58 Å². The van der Waals surface area contributed by atoms with E-state index in [4.69, 9.17) is 4.84 Å². The summed E-state index contributed by atoms with van der Waals surface area (Å²) < 4.78 is 0. The Morgan fingerprint density at radius 3 is 2.69 bits per heavy atom. The van der Waals surface area contributed by atoms with E-state index in [1.165, 1.54) is 44.1 Å². The van der Waals surface area contributed by atoms with E-state index in [-0.39, 0.29) is 10.8 Å². The van der Waals surface area contributed by atoms with Gasteiger partial charge in [-0.25, -0.2) is 0 Å². The van der Waals surface area contributed by atoms with Gasteiger partial charge in [0.05, 0.1) is 0 Å². The summed E-state index contributed by atoms with van der Waals surface area (Å²) in [6, 6.07) is 10.3. The highest BCUT2D eigenvalue weighted by Crippen LogP contribution is 2.63. The van der Waals surface area contributed by atoms with Crippen LogP contribution in [-0.4, -0.2) is 6.21 Å². The van der Waals surface area contributed by atoms with Gasteiger partial charge in [0, 0.05) is 11.6 Å². The Morgan fingerprint density at radius 2 is 1.93 bits per heavy atom. The second-order valence-corrected chi connectivity index (χ2v) is 10.5. The maximum absolute atomic E-state index is 5.69. The van der Waals surface area contributed by atoms with Crippen molar-refractivity contribution in [2.24, 2.45) is 33.2 Å². The Labute approximate surface area is 177 Å². The van der Waals surface area contributed by atoms with Gasteiger partial charge in [0.15, 0.2) is 0 Å². The summed E-state index contributed by atoms with van der Waals surface area (Å²) in [6.45, 7) is 12.0. The van der Waals surface area contributed by atoms with Crippen LogP contribution in [0.15, 0.2) is 59.8 Å². The molecule has 2 saturated carbocycles. The minimum Gasteiger partial charge on any atom is -0.391 e. The lowest BCUT2D eigenvalue weighted by Crippen LogP contribution is -2.50. The van der Waals surface area contributed by atoms with Gasteiger partial charge in [-0.1, -0.05) is 80.4 Å². The van der Waals surface area contributed by atoms with E-state index < -0.39 is 0 Å². The molecule has 1 aromatic rings. The summed E-state index contributed by atoms with van der Waals surface area (Å²) in [5.41, 5.74) is 3.62. The quantitative estimate of drug-likeness (QED) is 0.293. The Kier molecular flexibility index (Phi) is 5.48. The van der Waals surface area contributed by atoms with Crippen LogP contribution in [0.3, 0.4) is 0 Å². The van der Waals surface area contributed by atoms with Gasteiger partial charge < -0.3 is 4.84 Å². The molecule has 2 fully saturated rings. The number of rotatable bonds is 5. The van der Waals surface area contributed by atoms with Gasteiger partial charge in [0.25, 0.3) is 0 Å². The van der Waals surface area contributed by atoms with Crippen LogP contribution in [-0.2, 0) is 11.4 Å². The molecule has 29 heavy (non-hydrogen) atoms. The standard InChI is InChI=1S/C27H37NO/c1-5-25(2)17-14-23-22(18-25)12-13-24-26(3,15-9-16-27(23,24)4)20-28-29-19-21-10-7-6-8-11-21/h5-8,10-11,14,20,22,24H,1,9,12-13,15-19H2,2-4H3/t22?,24?,25-,26-,27-/m1/s1. The minimum absolute atomic E-state index is 0.120. The van der Waals surface area contributed by atoms with Crippen molar-refractivity contribution < 1.29 is 4.84 Å². The summed E-state index contributed by atoms with van der Waals surface area (Å²) in [5.74, 6) is 1.39. The molecular formula is C27H37NO. The van der Waals surface area contributed by atoms with E-state index in [1.54, 1.807) is 5.57 Å². The van der Waals surface area contributed by atoms with Gasteiger partial charge in [-0.3, -0.25) is 0 Å². The largest absolute Gasteiger partial charge is 0.391 e. The van der Waals surface area contributed by atoms with Crippen LogP contribution in [0.25, 0.3) is 0 Å². The molecule has 5 atom stereocenters. The molecular weight excluding hydrogens is 354 g/mol. The SMILES string of the molecule is C=C[C@]1(C)CC=C2C(CCC3[C@@](C)(C=NOCc4ccccc4)CCC[C@]23C)C1. The van der Waals surface area contributed by atoms with Crippen LogP contribution in [0.4, 0.5) is 0 Å². The first kappa shape index (κ1) is 20.4. The molecule has 1 aromatic carbocycles. The van der Waals surface area contributed by atoms with Crippen molar-refractivity contribution in [2.45, 2.75) is 72.3 Å². The molecule has 156 valence electrons. The van der Waals surface area contributed by atoms with E-state index in [0.717, 1.165) is 12.3 Å². The molecule has 2 heteroatoms. The molecule has 0 amide bonds. The molecule has 0 radical (unpaired) electrons. The highest BCUT2D eigenvalue weighted by Gasteiger charge is 2.54. The van der Waals surface area contributed by atoms with Gasteiger partial charge in [0.2, 0.25) is 0 Å². The smallest absolute Gasteiger partial charge is 0.142 e. The molecule has 3 aliphatic carbocycles. The molecule has 0 bridgehead atoms. The normalized spacial score (nSPS) is 39.3. The number of oxime groups is 1. The fraction of sp³-hybridized carbons (Fsp3) is 0.593. The monoisotopic (exact) mass is 391 g/mol. The molecule has 2 unspecified atom stereocenters. The number of hydrogen-bond donors (Lipinski definition) is 0. The van der Waals surface area contributed by atoms with E-state index in [9.17, 15) is 0 Å². The summed E-state index contributed by atoms with van der Waals surface area (Å²) in [7, 11) is 0. The van der Waals surface area contributed by atoms with Crippen LogP contribution in [0.2, 0.25) is 0 Å². The number of hydrogen-bond acceptors (Lipinski definition) is 2. The minimum atomic E-state index is 0.120. The highest BCUT2D eigenvalue weighted by atomic mass is 16.6. The molecule has 4 rings (SSSR count). The Morgan fingerprint density at radius 1 is 1.14 bits per heavy atom. The second kappa shape index (κ2) is 7.78. The summed E-state index contributed by atoms with van der Waals surface area (Å²) in [6.07, 6.45) is 15.8. The Balaban J connectivity index is 1.50. The molecule has 0 aliphatic heterocycles. The highest BCUT2D eigenvalue weighted by molar-refractivity contribution is 5.66. The first-order valence-corrected chi connectivity index (χ1v) is 11.4. The van der Waals surface area contributed by atoms with Crippen molar-refractivity contribution in [3.05, 3.63) is 60.2 Å². The van der Waals surface area contributed by atoms with Crippen LogP contribution in [0.5, 0.6) is 0 Å². The number of benzene rings is 1. The van der Waals surface area contributed by atoms with E-state index >= 15 is 0 Å². The summed E-state index contributed by atoms with van der Waals surface area (Å²) in [5, 5.41) is 4.47. The summed E-state index contributed by atoms with van der Waals surface area (Å²) in [4.78, 5) is 5.69. The number of allylic oxidation sites excluding steroid dienone is 3. The van der Waals surface area contributed by atoms with Crippen LogP contribution in [0, 0.1) is 28.1 Å². The lowest BCUT2D eigenvalue weighted by Gasteiger charge is -2.58. The Bertz CT molecular complexity index is 796. The number of nitrogens with zero attached hydrogens (tertiary/aromatic N) is 1.